The lowest BCUT2D eigenvalue weighted by Gasteiger charge is -1.07. The van der Waals surface area contributed by atoms with Crippen molar-refractivity contribution in [1.29, 1.82) is 0 Å². The molecule has 0 saturated heterocycles. The van der Waals surface area contributed by atoms with Gasteiger partial charge >= 0.3 is 0 Å². The van der Waals surface area contributed by atoms with E-state index in [-0.39, 0.29) is 8.81 Å². The Bertz CT molecular complexity index is 19.0. The summed E-state index contributed by atoms with van der Waals surface area (Å²) in [6.45, 7) is 44.0. The molecular formula is C23H74. The largest absolute Gasteiger partial charge is 0.0776 e. The maximum absolute atomic E-state index is 5.88. The van der Waals surface area contributed by atoms with Crippen molar-refractivity contribution in [2.75, 3.05) is 0 Å². The molecule has 0 aliphatic carbocycles. The van der Waals surface area contributed by atoms with Crippen LogP contribution >= 0.6 is 0 Å². The van der Waals surface area contributed by atoms with E-state index in [4.69, 9.17) is 5.71 Å². The smallest absolute Gasteiger partial charge is 0.0194 e. The predicted octanol–water partition coefficient (Wildman–Crippen LogP) is 12.4. The molecular weight excluding hydrogens is 276 g/mol. The molecule has 0 nitrogen and oxygen atoms in total. The summed E-state index contributed by atoms with van der Waals surface area (Å²) in [5, 5.41) is 0. The van der Waals surface area contributed by atoms with Crippen LogP contribution in [0.4, 0.5) is 0 Å². The molecule has 0 aromatic heterocycles. The van der Waals surface area contributed by atoms with Crippen molar-refractivity contribution in [2.45, 2.75) is 160 Å². The van der Waals surface area contributed by atoms with Gasteiger partial charge in [0.05, 0.1) is 0 Å². The van der Waals surface area contributed by atoms with Gasteiger partial charge in [0.2, 0.25) is 0 Å². The average Bonchev–Trinajstić information content (AvgIpc) is 2.89. The van der Waals surface area contributed by atoms with Crippen molar-refractivity contribution < 1.29 is 7.14 Å². The second kappa shape index (κ2) is 0. The highest BCUT2D eigenvalue weighted by atomic mass is 13.0. The van der Waals surface area contributed by atoms with Crippen LogP contribution in [0.3, 0.4) is 0 Å². The molecule has 0 N–H and O–H groups in total. The summed E-state index contributed by atoms with van der Waals surface area (Å²) in [6, 6.07) is 0. The molecule has 23 heavy (non-hydrogen) atoms. The summed E-state index contributed by atoms with van der Waals surface area (Å²) in [6.07, 6.45) is 0. The fourth-order valence-corrected chi connectivity index (χ4v) is 0. The summed E-state index contributed by atoms with van der Waals surface area (Å²) >= 11 is 0. The average molecular weight is 361 g/mol. The van der Waals surface area contributed by atoms with Gasteiger partial charge in [-0.25, -0.2) is 0 Å². The maximum Gasteiger partial charge on any atom is 0.0194 e. The van der Waals surface area contributed by atoms with E-state index in [0.29, 0.717) is 0 Å². The van der Waals surface area contributed by atoms with Crippen molar-refractivity contribution in [3.05, 3.63) is 0 Å². The van der Waals surface area contributed by atoms with Gasteiger partial charge < -0.3 is 0 Å². The molecule has 0 aliphatic rings. The van der Waals surface area contributed by atoms with Gasteiger partial charge in [-0.15, -0.1) is 0 Å². The summed E-state index contributed by atoms with van der Waals surface area (Å²) in [5.74, 6) is 0. The quantitative estimate of drug-likeness (QED) is 0.402. The van der Waals surface area contributed by atoms with Crippen LogP contribution in [0, 0.1) is 0 Å². The summed E-state index contributed by atoms with van der Waals surface area (Å²) in [5.41, 5.74) is 0. The van der Waals surface area contributed by atoms with Crippen molar-refractivity contribution in [3.8, 4) is 0 Å². The molecule has 0 heteroatoms. The molecule has 0 aliphatic heterocycles. The van der Waals surface area contributed by atoms with Crippen LogP contribution in [0.15, 0.2) is 0 Å². The molecule has 0 amide bonds. The Labute approximate surface area is 167 Å². The van der Waals surface area contributed by atoms with E-state index in [1.165, 1.54) is 0 Å². The Balaban J connectivity index is -0.00000000632. The first kappa shape index (κ1) is 56.8. The van der Waals surface area contributed by atoms with Gasteiger partial charge in [0.25, 0.3) is 0 Å². The normalized spacial score (nSPS) is 4.09. The minimum absolute atomic E-state index is 0. The van der Waals surface area contributed by atoms with E-state index in [1.807, 2.05) is 152 Å². The zero-order valence-electron chi connectivity index (χ0n) is 26.7. The van der Waals surface area contributed by atoms with Gasteiger partial charge in [0.15, 0.2) is 0 Å². The minimum atomic E-state index is -0.250. The lowest BCUT2D eigenvalue weighted by molar-refractivity contribution is 1.50. The highest BCUT2D eigenvalue weighted by molar-refractivity contribution is 3.52. The van der Waals surface area contributed by atoms with Gasteiger partial charge in [-0.05, 0) is 0 Å². The molecule has 0 radical (unpaired) electrons. The van der Waals surface area contributed by atoms with Gasteiger partial charge in [-0.1, -0.05) is 160 Å². The lowest BCUT2D eigenvalue weighted by Crippen LogP contribution is -0.856. The van der Waals surface area contributed by atoms with E-state index in [9.17, 15) is 0 Å². The Hall–Kier alpha value is 0. The second-order valence-corrected chi connectivity index (χ2v) is 0. The van der Waals surface area contributed by atoms with Gasteiger partial charge in [0.1, 0.15) is 0 Å². The number of rotatable bonds is 0. The van der Waals surface area contributed by atoms with E-state index < -0.39 is 0 Å². The monoisotopic (exact) mass is 361 g/mol. The molecule has 0 saturated carbocycles. The van der Waals surface area contributed by atoms with E-state index in [1.54, 1.807) is 0 Å². The highest BCUT2D eigenvalue weighted by Crippen LogP contribution is 1.16. The lowest BCUT2D eigenvalue weighted by atomic mass is 11.0. The molecule has 0 rings (SSSR count). The zero-order chi connectivity index (χ0) is 26.7. The number of hydrogen-bond acceptors (Lipinski definition) is 0. The Morgan fingerprint density at radius 3 is 0.348 bits per heavy atom. The molecule has 0 fully saturated rings. The summed E-state index contributed by atoms with van der Waals surface area (Å²) < 4.78 is 21.8. The molecule has 0 spiro atoms. The van der Waals surface area contributed by atoms with Gasteiger partial charge in [0, 0.05) is 7.14 Å². The third kappa shape index (κ3) is 0. The first-order chi connectivity index (χ1) is 13.4. The molecule has 166 valence electrons. The fraction of sp³-hybridized carbons (Fsp3) is 1.00. The summed E-state index contributed by atoms with van der Waals surface area (Å²) in [7, 11) is -0.250. The van der Waals surface area contributed by atoms with Crippen LogP contribution in [0.1, 0.15) is 167 Å². The zero-order valence-corrected chi connectivity index (χ0v) is 22.7. The van der Waals surface area contributed by atoms with Crippen LogP contribution in [0.25, 0.3) is 0 Å². The third-order valence-electron chi connectivity index (χ3n) is 0. The van der Waals surface area contributed by atoms with E-state index in [2.05, 4.69) is 0 Å². The second-order valence-electron chi connectivity index (χ2n) is 0. The fourth-order valence-electron chi connectivity index (χ4n) is 0. The van der Waals surface area contributed by atoms with Gasteiger partial charge in [-0.2, -0.15) is 0 Å². The first-order valence-electron chi connectivity index (χ1n) is 13.4. The molecule has 0 atom stereocenters. The molecule has 0 bridgehead atoms. The number of hydrogen-bond donors (Lipinski definition) is 0. The van der Waals surface area contributed by atoms with E-state index in [0.717, 1.165) is 0 Å². The van der Waals surface area contributed by atoms with Crippen LogP contribution in [0.5, 0.6) is 0 Å². The topological polar surface area (TPSA) is 0 Å². The molecule has 0 heterocycles. The molecule has 0 aromatic rings. The standard InChI is InChI=1S/11C2H6.CH4.2H2/c11*1-2;;;/h11*1-2H3;1H4;2*1H/i;;;;;;;;;;;1T2;1+2T;1+2. The van der Waals surface area contributed by atoms with Crippen LogP contribution in [-0.4, -0.2) is 0 Å². The van der Waals surface area contributed by atoms with E-state index >= 15 is 0 Å². The molecule has 0 aromatic carbocycles. The van der Waals surface area contributed by atoms with Crippen molar-refractivity contribution in [2.24, 2.45) is 0 Å². The Morgan fingerprint density at radius 1 is 0.348 bits per heavy atom. The first-order valence-corrected chi connectivity index (χ1v) is 11.0. The molecule has 0 unspecified atom stereocenters. The SMILES string of the molecule is CC.CC.CC.CC.CC.CC.CC.CC.CC.CC.CC.[3HH].[3H]C[3H].[3H][3H]. The third-order valence-corrected chi connectivity index (χ3v) is 0. The van der Waals surface area contributed by atoms with Crippen LogP contribution in [0.2, 0.25) is 0 Å². The van der Waals surface area contributed by atoms with Crippen molar-refractivity contribution in [3.63, 3.8) is 0 Å². The predicted molar refractivity (Wildman–Crippen MR) is 136 cm³/mol. The van der Waals surface area contributed by atoms with Crippen molar-refractivity contribution in [1.82, 2.24) is 0 Å². The van der Waals surface area contributed by atoms with Gasteiger partial charge in [-0.3, -0.25) is 0 Å². The van der Waals surface area contributed by atoms with Crippen LogP contribution in [-0.2, 0) is 0 Å². The van der Waals surface area contributed by atoms with Crippen LogP contribution < -0.4 is 0 Å². The highest BCUT2D eigenvalue weighted by Gasteiger charge is 0.952. The Morgan fingerprint density at radius 2 is 0.348 bits per heavy atom. The Kier molecular flexibility index (Phi) is 0. The van der Waals surface area contributed by atoms with Crippen molar-refractivity contribution >= 4 is 0 Å². The minimum Gasteiger partial charge on any atom is -0.0776 e. The maximum atomic E-state index is 5.88. The summed E-state index contributed by atoms with van der Waals surface area (Å²) in [4.78, 5) is 0.